The molecule has 18 heteroatoms. The fourth-order valence-corrected chi connectivity index (χ4v) is 2.43. The van der Waals surface area contributed by atoms with Crippen LogP contribution >= 0.6 is 0 Å². The second-order valence-electron chi connectivity index (χ2n) is 6.99. The zero-order chi connectivity index (χ0) is 28.4. The van der Waals surface area contributed by atoms with Crippen LogP contribution in [0.5, 0.6) is 0 Å². The molecule has 0 saturated heterocycles. The molecule has 0 spiro atoms. The van der Waals surface area contributed by atoms with Crippen molar-refractivity contribution in [3.05, 3.63) is 35.9 Å². The van der Waals surface area contributed by atoms with Crippen molar-refractivity contribution in [2.75, 3.05) is 7.11 Å². The quantitative estimate of drug-likeness (QED) is 0.303. The van der Waals surface area contributed by atoms with E-state index in [9.17, 15) is 66.7 Å². The summed E-state index contributed by atoms with van der Waals surface area (Å²) in [5.41, 5.74) is 0.270. The van der Waals surface area contributed by atoms with Crippen LogP contribution in [0.1, 0.15) is 12.0 Å². The highest BCUT2D eigenvalue weighted by Crippen LogP contribution is 2.60. The predicted molar refractivity (Wildman–Crippen MR) is 91.0 cm³/mol. The number of hydrogen-bond acceptors (Lipinski definition) is 4. The fraction of sp³-hybridized carbons (Fsp3) is 0.556. The molecule has 0 saturated carbocycles. The number of amides is 1. The van der Waals surface area contributed by atoms with Gasteiger partial charge >= 0.3 is 47.9 Å². The van der Waals surface area contributed by atoms with Crippen molar-refractivity contribution in [1.82, 2.24) is 5.32 Å². The van der Waals surface area contributed by atoms with E-state index >= 15 is 0 Å². The monoisotopic (exact) mass is 555 g/mol. The largest absolute Gasteiger partial charge is 0.467 e. The number of alkyl halides is 13. The third kappa shape index (κ3) is 5.71. The van der Waals surface area contributed by atoms with E-state index in [1.165, 1.54) is 35.6 Å². The van der Waals surface area contributed by atoms with Gasteiger partial charge in [-0.25, -0.2) is 9.59 Å². The third-order valence-corrected chi connectivity index (χ3v) is 4.45. The molecule has 1 N–H and O–H groups in total. The molecule has 0 aromatic heterocycles. The average molecular weight is 555 g/mol. The molecule has 1 aromatic carbocycles. The van der Waals surface area contributed by atoms with Gasteiger partial charge in [0.15, 0.2) is 0 Å². The zero-order valence-electron chi connectivity index (χ0n) is 17.4. The number of esters is 1. The van der Waals surface area contributed by atoms with Gasteiger partial charge in [-0.05, 0) is 5.56 Å². The summed E-state index contributed by atoms with van der Waals surface area (Å²) in [6, 6.07) is 4.15. The first-order valence-electron chi connectivity index (χ1n) is 9.07. The first-order valence-corrected chi connectivity index (χ1v) is 9.07. The molecular formula is C18H14F13NO4. The number of ether oxygens (including phenoxy) is 2. The van der Waals surface area contributed by atoms with Gasteiger partial charge in [0.2, 0.25) is 0 Å². The van der Waals surface area contributed by atoms with Crippen molar-refractivity contribution in [3.63, 3.8) is 0 Å². The predicted octanol–water partition coefficient (Wildman–Crippen LogP) is 5.58. The number of carbonyl (C=O) groups is 2. The molecule has 0 bridgehead atoms. The Balaban J connectivity index is 3.22. The van der Waals surface area contributed by atoms with Gasteiger partial charge in [-0.1, -0.05) is 30.3 Å². The molecule has 206 valence electrons. The number of hydrogen-bond donors (Lipinski definition) is 1. The molecule has 5 nitrogen and oxygen atoms in total. The van der Waals surface area contributed by atoms with Gasteiger partial charge in [0.1, 0.15) is 12.6 Å². The SMILES string of the molecule is COC(=O)C(CC(F)(F)C(F)(F)C(F)(F)C(F)(F)C(F)(F)C(F)(F)F)NC(=O)OCc1ccccc1. The highest BCUT2D eigenvalue weighted by molar-refractivity contribution is 5.81. The van der Waals surface area contributed by atoms with Crippen LogP contribution in [0.15, 0.2) is 30.3 Å². The smallest absolute Gasteiger partial charge is 0.460 e. The Morgan fingerprint density at radius 3 is 1.69 bits per heavy atom. The molecule has 1 amide bonds. The summed E-state index contributed by atoms with van der Waals surface area (Å²) in [5.74, 6) is -40.3. The molecule has 1 unspecified atom stereocenters. The lowest BCUT2D eigenvalue weighted by Crippen LogP contribution is -2.70. The van der Waals surface area contributed by atoms with E-state index in [0.29, 0.717) is 7.11 Å². The van der Waals surface area contributed by atoms with Crippen molar-refractivity contribution in [1.29, 1.82) is 0 Å². The molecule has 0 heterocycles. The number of alkyl carbamates (subject to hydrolysis) is 1. The Morgan fingerprint density at radius 1 is 0.778 bits per heavy atom. The third-order valence-electron chi connectivity index (χ3n) is 4.45. The number of carbonyl (C=O) groups excluding carboxylic acids is 2. The molecular weight excluding hydrogens is 541 g/mol. The minimum atomic E-state index is -8.09. The summed E-state index contributed by atoms with van der Waals surface area (Å²) >= 11 is 0. The maximum absolute atomic E-state index is 14.1. The van der Waals surface area contributed by atoms with Crippen LogP contribution in [-0.2, 0) is 20.9 Å². The topological polar surface area (TPSA) is 64.6 Å². The zero-order valence-corrected chi connectivity index (χ0v) is 17.4. The normalized spacial score (nSPS) is 14.7. The first kappa shape index (κ1) is 31.1. The maximum atomic E-state index is 14.1. The molecule has 1 atom stereocenters. The summed E-state index contributed by atoms with van der Waals surface area (Å²) in [5, 5.41) is 1.20. The summed E-state index contributed by atoms with van der Waals surface area (Å²) in [6.07, 6.45) is -12.4. The van der Waals surface area contributed by atoms with Crippen molar-refractivity contribution in [3.8, 4) is 0 Å². The molecule has 1 aromatic rings. The van der Waals surface area contributed by atoms with Gasteiger partial charge in [-0.15, -0.1) is 0 Å². The van der Waals surface area contributed by atoms with Gasteiger partial charge in [0.25, 0.3) is 0 Å². The molecule has 0 fully saturated rings. The van der Waals surface area contributed by atoms with Crippen molar-refractivity contribution in [2.24, 2.45) is 0 Å². The molecule has 0 aliphatic heterocycles. The lowest BCUT2D eigenvalue weighted by Gasteiger charge is -2.40. The van der Waals surface area contributed by atoms with E-state index in [2.05, 4.69) is 9.47 Å². The standard InChI is InChI=1S/C18H14F13NO4/c1-35-11(33)10(32-12(34)36-8-9-5-3-2-4-6-9)7-13(19,20)14(21,22)15(23,24)16(25,26)17(27,28)18(29,30)31/h2-6,10H,7-8H2,1H3,(H,32,34). The first-order chi connectivity index (χ1) is 16.1. The number of nitrogens with one attached hydrogen (secondary N) is 1. The van der Waals surface area contributed by atoms with E-state index in [1.807, 2.05) is 0 Å². The summed E-state index contributed by atoms with van der Waals surface area (Å²) in [4.78, 5) is 23.3. The Bertz CT molecular complexity index is 919. The Kier molecular flexibility index (Phi) is 8.80. The summed E-state index contributed by atoms with van der Waals surface area (Å²) in [7, 11) is 0.426. The highest BCUT2D eigenvalue weighted by atomic mass is 19.4. The van der Waals surface area contributed by atoms with Crippen LogP contribution in [0, 0.1) is 0 Å². The lowest BCUT2D eigenvalue weighted by molar-refractivity contribution is -0.440. The number of benzene rings is 1. The van der Waals surface area contributed by atoms with E-state index in [1.54, 1.807) is 0 Å². The van der Waals surface area contributed by atoms with Gasteiger partial charge in [0, 0.05) is 6.42 Å². The van der Waals surface area contributed by atoms with Crippen molar-refractivity contribution < 1.29 is 76.1 Å². The number of methoxy groups -OCH3 is 1. The van der Waals surface area contributed by atoms with Gasteiger partial charge in [-0.2, -0.15) is 57.1 Å². The fourth-order valence-electron chi connectivity index (χ4n) is 2.43. The van der Waals surface area contributed by atoms with Crippen LogP contribution in [0.4, 0.5) is 61.9 Å². The second kappa shape index (κ2) is 10.2. The molecule has 0 radical (unpaired) electrons. The van der Waals surface area contributed by atoms with Crippen LogP contribution in [0.2, 0.25) is 0 Å². The Morgan fingerprint density at radius 2 is 1.25 bits per heavy atom. The van der Waals surface area contributed by atoms with Crippen molar-refractivity contribution in [2.45, 2.75) is 54.9 Å². The molecule has 0 aliphatic carbocycles. The van der Waals surface area contributed by atoms with Crippen LogP contribution < -0.4 is 5.32 Å². The van der Waals surface area contributed by atoms with E-state index < -0.39 is 66.9 Å². The highest BCUT2D eigenvalue weighted by Gasteiger charge is 2.90. The van der Waals surface area contributed by atoms with E-state index in [0.717, 1.165) is 0 Å². The van der Waals surface area contributed by atoms with E-state index in [4.69, 9.17) is 0 Å². The summed E-state index contributed by atoms with van der Waals surface area (Å²) < 4.78 is 180. The minimum absolute atomic E-state index is 0.270. The van der Waals surface area contributed by atoms with Crippen molar-refractivity contribution >= 4 is 12.1 Å². The van der Waals surface area contributed by atoms with Crippen LogP contribution in [0.3, 0.4) is 0 Å². The van der Waals surface area contributed by atoms with Crippen LogP contribution in [-0.4, -0.2) is 61.0 Å². The van der Waals surface area contributed by atoms with Crippen LogP contribution in [0.25, 0.3) is 0 Å². The van der Waals surface area contributed by atoms with Gasteiger partial charge in [0.05, 0.1) is 7.11 Å². The Hall–Kier alpha value is -2.95. The minimum Gasteiger partial charge on any atom is -0.467 e. The van der Waals surface area contributed by atoms with Gasteiger partial charge in [-0.3, -0.25) is 0 Å². The molecule has 36 heavy (non-hydrogen) atoms. The number of rotatable bonds is 10. The average Bonchev–Trinajstić information content (AvgIpc) is 2.75. The second-order valence-corrected chi connectivity index (χ2v) is 6.99. The molecule has 1 rings (SSSR count). The maximum Gasteiger partial charge on any atom is 0.460 e. The summed E-state index contributed by atoms with van der Waals surface area (Å²) in [6.45, 7) is -0.607. The lowest BCUT2D eigenvalue weighted by atomic mass is 9.91. The Labute approximate surface area is 192 Å². The van der Waals surface area contributed by atoms with Gasteiger partial charge < -0.3 is 14.8 Å². The number of halogens is 13. The van der Waals surface area contributed by atoms with E-state index in [-0.39, 0.29) is 5.56 Å². The molecule has 0 aliphatic rings.